The standard InChI is InChI=1S/C17H22N4O2S/c1-2-23-15(22)12-24-17-20-19-16(14-10-6-7-11-18-14)21(17)13-8-4-3-5-9-13/h6-7,10-11,13H,2-5,8-9,12H2,1H3. The number of carbonyl (C=O) groups excluding carboxylic acids is 1. The Morgan fingerprint density at radius 3 is 2.83 bits per heavy atom. The highest BCUT2D eigenvalue weighted by Crippen LogP contribution is 2.35. The van der Waals surface area contributed by atoms with Gasteiger partial charge in [0.05, 0.1) is 12.4 Å². The van der Waals surface area contributed by atoms with Crippen LogP contribution in [0.25, 0.3) is 11.5 Å². The molecular formula is C17H22N4O2S. The van der Waals surface area contributed by atoms with E-state index < -0.39 is 0 Å². The lowest BCUT2D eigenvalue weighted by Crippen LogP contribution is -2.16. The van der Waals surface area contributed by atoms with Crippen LogP contribution in [0.2, 0.25) is 0 Å². The summed E-state index contributed by atoms with van der Waals surface area (Å²) in [6.45, 7) is 2.21. The van der Waals surface area contributed by atoms with Crippen LogP contribution in [0, 0.1) is 0 Å². The molecule has 0 atom stereocenters. The minimum atomic E-state index is -0.222. The number of hydrogen-bond acceptors (Lipinski definition) is 6. The van der Waals surface area contributed by atoms with Gasteiger partial charge in [0.15, 0.2) is 11.0 Å². The van der Waals surface area contributed by atoms with Gasteiger partial charge in [-0.25, -0.2) is 0 Å². The summed E-state index contributed by atoms with van der Waals surface area (Å²) in [5.74, 6) is 0.815. The maximum Gasteiger partial charge on any atom is 0.316 e. The highest BCUT2D eigenvalue weighted by atomic mass is 32.2. The van der Waals surface area contributed by atoms with E-state index in [1.165, 1.54) is 31.0 Å². The number of aromatic nitrogens is 4. The molecule has 1 saturated carbocycles. The predicted octanol–water partition coefficient (Wildman–Crippen LogP) is 3.50. The molecule has 3 rings (SSSR count). The fraction of sp³-hybridized carbons (Fsp3) is 0.529. The molecule has 0 spiro atoms. The van der Waals surface area contributed by atoms with Gasteiger partial charge in [0.2, 0.25) is 0 Å². The van der Waals surface area contributed by atoms with Crippen LogP contribution >= 0.6 is 11.8 Å². The second-order valence-corrected chi connectivity index (χ2v) is 6.72. The van der Waals surface area contributed by atoms with E-state index in [2.05, 4.69) is 19.7 Å². The van der Waals surface area contributed by atoms with E-state index in [9.17, 15) is 4.79 Å². The number of esters is 1. The quantitative estimate of drug-likeness (QED) is 0.589. The maximum absolute atomic E-state index is 11.7. The highest BCUT2D eigenvalue weighted by Gasteiger charge is 2.24. The predicted molar refractivity (Wildman–Crippen MR) is 92.7 cm³/mol. The molecule has 24 heavy (non-hydrogen) atoms. The fourth-order valence-electron chi connectivity index (χ4n) is 3.04. The van der Waals surface area contributed by atoms with Crippen LogP contribution in [0.3, 0.4) is 0 Å². The summed E-state index contributed by atoms with van der Waals surface area (Å²) in [5.41, 5.74) is 0.818. The Balaban J connectivity index is 1.87. The molecule has 2 aromatic rings. The number of carbonyl (C=O) groups is 1. The summed E-state index contributed by atoms with van der Waals surface area (Å²) in [6.07, 6.45) is 7.71. The summed E-state index contributed by atoms with van der Waals surface area (Å²) in [5, 5.41) is 9.46. The molecular weight excluding hydrogens is 324 g/mol. The summed E-state index contributed by atoms with van der Waals surface area (Å²) in [7, 11) is 0. The second kappa shape index (κ2) is 8.28. The van der Waals surface area contributed by atoms with Crippen LogP contribution in [0.5, 0.6) is 0 Å². The van der Waals surface area contributed by atoms with Gasteiger partial charge in [-0.15, -0.1) is 10.2 Å². The Labute approximate surface area is 146 Å². The molecule has 7 heteroatoms. The van der Waals surface area contributed by atoms with Crippen molar-refractivity contribution in [1.82, 2.24) is 19.7 Å². The molecule has 2 heterocycles. The average Bonchev–Trinajstić information content (AvgIpc) is 3.06. The van der Waals surface area contributed by atoms with Gasteiger partial charge >= 0.3 is 5.97 Å². The van der Waals surface area contributed by atoms with E-state index in [-0.39, 0.29) is 11.7 Å². The van der Waals surface area contributed by atoms with E-state index in [1.54, 1.807) is 6.20 Å². The first-order chi connectivity index (χ1) is 11.8. The first kappa shape index (κ1) is 17.0. The van der Waals surface area contributed by atoms with Crippen molar-refractivity contribution in [2.75, 3.05) is 12.4 Å². The number of nitrogens with zero attached hydrogens (tertiary/aromatic N) is 4. The summed E-state index contributed by atoms with van der Waals surface area (Å²) >= 11 is 1.39. The molecule has 0 radical (unpaired) electrons. The molecule has 1 fully saturated rings. The van der Waals surface area contributed by atoms with Gasteiger partial charge < -0.3 is 4.74 Å². The highest BCUT2D eigenvalue weighted by molar-refractivity contribution is 7.99. The molecule has 0 amide bonds. The Morgan fingerprint density at radius 1 is 1.29 bits per heavy atom. The van der Waals surface area contributed by atoms with Crippen molar-refractivity contribution in [1.29, 1.82) is 0 Å². The smallest absolute Gasteiger partial charge is 0.316 e. The lowest BCUT2D eigenvalue weighted by atomic mass is 9.95. The minimum absolute atomic E-state index is 0.222. The van der Waals surface area contributed by atoms with E-state index in [0.717, 1.165) is 29.5 Å². The molecule has 0 bridgehead atoms. The third-order valence-corrected chi connectivity index (χ3v) is 5.04. The van der Waals surface area contributed by atoms with Crippen molar-refractivity contribution in [3.63, 3.8) is 0 Å². The minimum Gasteiger partial charge on any atom is -0.465 e. The van der Waals surface area contributed by atoms with Crippen molar-refractivity contribution in [2.45, 2.75) is 50.2 Å². The van der Waals surface area contributed by atoms with Gasteiger partial charge in [0, 0.05) is 12.2 Å². The fourth-order valence-corrected chi connectivity index (χ4v) is 3.84. The molecule has 0 N–H and O–H groups in total. The van der Waals surface area contributed by atoms with Crippen molar-refractivity contribution < 1.29 is 9.53 Å². The first-order valence-electron chi connectivity index (χ1n) is 8.44. The van der Waals surface area contributed by atoms with Crippen LogP contribution < -0.4 is 0 Å². The van der Waals surface area contributed by atoms with Crippen LogP contribution in [-0.4, -0.2) is 38.1 Å². The zero-order valence-electron chi connectivity index (χ0n) is 13.9. The van der Waals surface area contributed by atoms with Gasteiger partial charge in [0.25, 0.3) is 0 Å². The van der Waals surface area contributed by atoms with Crippen LogP contribution in [-0.2, 0) is 9.53 Å². The summed E-state index contributed by atoms with van der Waals surface area (Å²) < 4.78 is 7.18. The number of ether oxygens (including phenoxy) is 1. The van der Waals surface area contributed by atoms with Crippen LogP contribution in [0.15, 0.2) is 29.6 Å². The number of hydrogen-bond donors (Lipinski definition) is 0. The molecule has 0 unspecified atom stereocenters. The van der Waals surface area contributed by atoms with Gasteiger partial charge in [-0.05, 0) is 31.9 Å². The van der Waals surface area contributed by atoms with Crippen molar-refractivity contribution in [3.8, 4) is 11.5 Å². The van der Waals surface area contributed by atoms with Crippen molar-refractivity contribution in [3.05, 3.63) is 24.4 Å². The zero-order valence-corrected chi connectivity index (χ0v) is 14.7. The number of thioether (sulfide) groups is 1. The maximum atomic E-state index is 11.7. The van der Waals surface area contributed by atoms with Crippen LogP contribution in [0.4, 0.5) is 0 Å². The molecule has 1 aliphatic carbocycles. The molecule has 2 aromatic heterocycles. The van der Waals surface area contributed by atoms with Gasteiger partial charge in [0.1, 0.15) is 5.69 Å². The Kier molecular flexibility index (Phi) is 5.85. The number of pyridine rings is 1. The molecule has 6 nitrogen and oxygen atoms in total. The van der Waals surface area contributed by atoms with Gasteiger partial charge in [-0.1, -0.05) is 37.1 Å². The Morgan fingerprint density at radius 2 is 2.12 bits per heavy atom. The summed E-state index contributed by atoms with van der Waals surface area (Å²) in [4.78, 5) is 16.1. The van der Waals surface area contributed by atoms with Gasteiger partial charge in [-0.3, -0.25) is 14.3 Å². The zero-order chi connectivity index (χ0) is 16.8. The average molecular weight is 346 g/mol. The topological polar surface area (TPSA) is 69.9 Å². The Bertz CT molecular complexity index is 668. The third kappa shape index (κ3) is 3.95. The van der Waals surface area contributed by atoms with Crippen molar-refractivity contribution >= 4 is 17.7 Å². The Hall–Kier alpha value is -1.89. The van der Waals surface area contributed by atoms with E-state index in [0.29, 0.717) is 12.6 Å². The van der Waals surface area contributed by atoms with Crippen molar-refractivity contribution in [2.24, 2.45) is 0 Å². The normalized spacial score (nSPS) is 15.4. The monoisotopic (exact) mass is 346 g/mol. The van der Waals surface area contributed by atoms with Crippen LogP contribution in [0.1, 0.15) is 45.1 Å². The summed E-state index contributed by atoms with van der Waals surface area (Å²) in [6, 6.07) is 6.16. The SMILES string of the molecule is CCOC(=O)CSc1nnc(-c2ccccn2)n1C1CCCCC1. The first-order valence-corrected chi connectivity index (χ1v) is 9.43. The molecule has 1 aliphatic rings. The lowest BCUT2D eigenvalue weighted by Gasteiger charge is -2.25. The molecule has 0 saturated heterocycles. The third-order valence-electron chi connectivity index (χ3n) is 4.12. The van der Waals surface area contributed by atoms with Gasteiger partial charge in [-0.2, -0.15) is 0 Å². The van der Waals surface area contributed by atoms with E-state index in [1.807, 2.05) is 25.1 Å². The van der Waals surface area contributed by atoms with E-state index >= 15 is 0 Å². The molecule has 128 valence electrons. The molecule has 0 aliphatic heterocycles. The molecule has 0 aromatic carbocycles. The second-order valence-electron chi connectivity index (χ2n) is 5.78. The lowest BCUT2D eigenvalue weighted by molar-refractivity contribution is -0.139. The largest absolute Gasteiger partial charge is 0.465 e. The number of rotatable bonds is 6. The van der Waals surface area contributed by atoms with E-state index in [4.69, 9.17) is 4.74 Å².